The van der Waals surface area contributed by atoms with Crippen molar-refractivity contribution in [3.63, 3.8) is 0 Å². The molecule has 0 spiro atoms. The van der Waals surface area contributed by atoms with E-state index in [1.807, 2.05) is 12.1 Å². The zero-order valence-electron chi connectivity index (χ0n) is 11.3. The van der Waals surface area contributed by atoms with Crippen molar-refractivity contribution in [2.75, 3.05) is 13.1 Å². The van der Waals surface area contributed by atoms with E-state index in [-0.39, 0.29) is 0 Å². The Balaban J connectivity index is 1.75. The van der Waals surface area contributed by atoms with Crippen LogP contribution in [0.2, 0.25) is 5.02 Å². The largest absolute Gasteiger partial charge is 0.459 e. The molecule has 1 heterocycles. The van der Waals surface area contributed by atoms with Gasteiger partial charge in [0, 0.05) is 11.3 Å². The fourth-order valence-corrected chi connectivity index (χ4v) is 3.10. The van der Waals surface area contributed by atoms with Gasteiger partial charge in [-0.3, -0.25) is 0 Å². The maximum atomic E-state index is 6.17. The Hall–Kier alpha value is -0.990. The Bertz CT molecular complexity index is 563. The minimum atomic E-state index is 0.563. The monoisotopic (exact) mass is 277 g/mol. The lowest BCUT2D eigenvalue weighted by molar-refractivity contribution is 0.219. The van der Waals surface area contributed by atoms with E-state index < -0.39 is 0 Å². The normalized spacial score (nSPS) is 22.6. The van der Waals surface area contributed by atoms with Crippen LogP contribution in [0.3, 0.4) is 0 Å². The minimum Gasteiger partial charge on any atom is -0.459 e. The van der Waals surface area contributed by atoms with Gasteiger partial charge in [0.2, 0.25) is 0 Å². The summed E-state index contributed by atoms with van der Waals surface area (Å²) in [4.78, 5) is 0. The molecule has 19 heavy (non-hydrogen) atoms. The average molecular weight is 278 g/mol. The second-order valence-corrected chi connectivity index (χ2v) is 5.86. The molecule has 0 amide bonds. The maximum Gasteiger partial charge on any atom is 0.152 e. The van der Waals surface area contributed by atoms with Crippen LogP contribution in [-0.2, 0) is 0 Å². The van der Waals surface area contributed by atoms with Gasteiger partial charge in [-0.05, 0) is 50.4 Å². The average Bonchev–Trinajstić information content (AvgIpc) is 2.78. The number of furan rings is 1. The smallest absolute Gasteiger partial charge is 0.152 e. The number of hydrogen-bond donors (Lipinski definition) is 1. The molecule has 1 aliphatic carbocycles. The number of benzene rings is 1. The molecular formula is C16H20ClNO. The Morgan fingerprint density at radius 1 is 1.37 bits per heavy atom. The number of nitrogens with one attached hydrogen (secondary N) is 1. The minimum absolute atomic E-state index is 0.563. The molecule has 3 rings (SSSR count). The van der Waals surface area contributed by atoms with Gasteiger partial charge in [0.05, 0.1) is 5.02 Å². The van der Waals surface area contributed by atoms with Crippen LogP contribution in [0.15, 0.2) is 28.7 Å². The summed E-state index contributed by atoms with van der Waals surface area (Å²) in [6.07, 6.45) is 3.72. The van der Waals surface area contributed by atoms with Crippen LogP contribution in [0.4, 0.5) is 0 Å². The van der Waals surface area contributed by atoms with E-state index in [9.17, 15) is 0 Å². The fourth-order valence-electron chi connectivity index (χ4n) is 2.88. The molecule has 1 aromatic heterocycles. The lowest BCUT2D eigenvalue weighted by Crippen LogP contribution is -2.33. The summed E-state index contributed by atoms with van der Waals surface area (Å²) in [7, 11) is 0. The van der Waals surface area contributed by atoms with Gasteiger partial charge in [-0.15, -0.1) is 0 Å². The van der Waals surface area contributed by atoms with Gasteiger partial charge in [0.25, 0.3) is 0 Å². The van der Waals surface area contributed by atoms with Crippen molar-refractivity contribution in [2.24, 2.45) is 5.92 Å². The highest BCUT2D eigenvalue weighted by Crippen LogP contribution is 2.44. The third-order valence-electron chi connectivity index (χ3n) is 4.13. The SMILES string of the molecule is CCCNCC1CCC1c1cc2cccc(Cl)c2o1. The lowest BCUT2D eigenvalue weighted by Gasteiger charge is -2.35. The van der Waals surface area contributed by atoms with Crippen LogP contribution < -0.4 is 5.32 Å². The first-order valence-corrected chi connectivity index (χ1v) is 7.56. The first-order valence-electron chi connectivity index (χ1n) is 7.18. The summed E-state index contributed by atoms with van der Waals surface area (Å²) in [6, 6.07) is 8.10. The molecule has 1 fully saturated rings. The van der Waals surface area contributed by atoms with Crippen LogP contribution in [-0.4, -0.2) is 13.1 Å². The van der Waals surface area contributed by atoms with Crippen LogP contribution in [0.5, 0.6) is 0 Å². The van der Waals surface area contributed by atoms with Gasteiger partial charge in [-0.25, -0.2) is 0 Å². The van der Waals surface area contributed by atoms with Crippen molar-refractivity contribution in [3.8, 4) is 0 Å². The van der Waals surface area contributed by atoms with E-state index in [1.54, 1.807) is 0 Å². The van der Waals surface area contributed by atoms with Gasteiger partial charge in [0.15, 0.2) is 5.58 Å². The second-order valence-electron chi connectivity index (χ2n) is 5.46. The van der Waals surface area contributed by atoms with Crippen molar-refractivity contribution in [1.82, 2.24) is 5.32 Å². The Morgan fingerprint density at radius 2 is 2.26 bits per heavy atom. The molecule has 0 saturated heterocycles. The van der Waals surface area contributed by atoms with Gasteiger partial charge >= 0.3 is 0 Å². The molecule has 3 heteroatoms. The van der Waals surface area contributed by atoms with E-state index in [4.69, 9.17) is 16.0 Å². The molecule has 0 bridgehead atoms. The van der Waals surface area contributed by atoms with Crippen LogP contribution in [0.1, 0.15) is 37.9 Å². The number of halogens is 1. The van der Waals surface area contributed by atoms with Crippen LogP contribution in [0.25, 0.3) is 11.0 Å². The van der Waals surface area contributed by atoms with E-state index in [0.717, 1.165) is 29.8 Å². The van der Waals surface area contributed by atoms with Gasteiger partial charge in [-0.2, -0.15) is 0 Å². The van der Waals surface area contributed by atoms with Crippen molar-refractivity contribution in [1.29, 1.82) is 0 Å². The molecule has 1 aliphatic rings. The molecule has 1 saturated carbocycles. The fraction of sp³-hybridized carbons (Fsp3) is 0.500. The van der Waals surface area contributed by atoms with Crippen molar-refractivity contribution in [2.45, 2.75) is 32.1 Å². The summed E-state index contributed by atoms with van der Waals surface area (Å²) in [5.74, 6) is 2.39. The van der Waals surface area contributed by atoms with Crippen molar-refractivity contribution < 1.29 is 4.42 Å². The Labute approximate surface area is 119 Å². The maximum absolute atomic E-state index is 6.17. The summed E-state index contributed by atoms with van der Waals surface area (Å²) in [5.41, 5.74) is 0.839. The molecular weight excluding hydrogens is 258 g/mol. The zero-order valence-corrected chi connectivity index (χ0v) is 12.0. The topological polar surface area (TPSA) is 25.2 Å². The third-order valence-corrected chi connectivity index (χ3v) is 4.43. The molecule has 1 aromatic carbocycles. The zero-order chi connectivity index (χ0) is 13.2. The Morgan fingerprint density at radius 3 is 2.95 bits per heavy atom. The van der Waals surface area contributed by atoms with Crippen LogP contribution >= 0.6 is 11.6 Å². The highest BCUT2D eigenvalue weighted by Gasteiger charge is 2.34. The molecule has 2 aromatic rings. The first-order chi connectivity index (χ1) is 9.29. The molecule has 0 radical (unpaired) electrons. The Kier molecular flexibility index (Phi) is 3.81. The standard InChI is InChI=1S/C16H20ClNO/c1-2-8-18-10-12-6-7-13(12)15-9-11-4-3-5-14(17)16(11)19-15/h3-5,9,12-13,18H,2,6-8,10H2,1H3. The lowest BCUT2D eigenvalue weighted by atomic mass is 9.72. The molecule has 2 nitrogen and oxygen atoms in total. The second kappa shape index (κ2) is 5.56. The summed E-state index contributed by atoms with van der Waals surface area (Å²) in [5, 5.41) is 5.35. The quantitative estimate of drug-likeness (QED) is 0.809. The van der Waals surface area contributed by atoms with Crippen LogP contribution in [0, 0.1) is 5.92 Å². The van der Waals surface area contributed by atoms with E-state index in [1.165, 1.54) is 19.3 Å². The highest BCUT2D eigenvalue weighted by molar-refractivity contribution is 6.34. The van der Waals surface area contributed by atoms with Gasteiger partial charge in [-0.1, -0.05) is 30.7 Å². The van der Waals surface area contributed by atoms with E-state index in [2.05, 4.69) is 24.4 Å². The van der Waals surface area contributed by atoms with E-state index in [0.29, 0.717) is 16.9 Å². The van der Waals surface area contributed by atoms with Crippen molar-refractivity contribution >= 4 is 22.6 Å². The molecule has 2 atom stereocenters. The molecule has 102 valence electrons. The molecule has 1 N–H and O–H groups in total. The number of para-hydroxylation sites is 1. The third kappa shape index (κ3) is 2.52. The molecule has 0 aliphatic heterocycles. The summed E-state index contributed by atoms with van der Waals surface area (Å²) in [6.45, 7) is 4.41. The predicted molar refractivity (Wildman–Crippen MR) is 79.8 cm³/mol. The highest BCUT2D eigenvalue weighted by atomic mass is 35.5. The number of fused-ring (bicyclic) bond motifs is 1. The summed E-state index contributed by atoms with van der Waals surface area (Å²) < 4.78 is 5.98. The van der Waals surface area contributed by atoms with E-state index >= 15 is 0 Å². The van der Waals surface area contributed by atoms with Gasteiger partial charge < -0.3 is 9.73 Å². The first kappa shape index (κ1) is 13.0. The van der Waals surface area contributed by atoms with Crippen molar-refractivity contribution in [3.05, 3.63) is 35.0 Å². The number of rotatable bonds is 5. The summed E-state index contributed by atoms with van der Waals surface area (Å²) >= 11 is 6.17. The predicted octanol–water partition coefficient (Wildman–Crippen LogP) is 4.58. The number of hydrogen-bond acceptors (Lipinski definition) is 2. The molecule has 2 unspecified atom stereocenters. The van der Waals surface area contributed by atoms with Gasteiger partial charge in [0.1, 0.15) is 5.76 Å².